The molecule has 0 saturated carbocycles. The fraction of sp³-hybridized carbons (Fsp3) is 0.333. The second-order valence-electron chi connectivity index (χ2n) is 6.70. The zero-order chi connectivity index (χ0) is 18.7. The Balaban J connectivity index is 1.74. The highest BCUT2D eigenvalue weighted by atomic mass is 16.2. The number of nitrogens with zero attached hydrogens (tertiary/aromatic N) is 2. The molecular weight excluding hydrogens is 326 g/mol. The smallest absolute Gasteiger partial charge is 0.329 e. The molecule has 0 saturated heterocycles. The van der Waals surface area contributed by atoms with Gasteiger partial charge in [0, 0.05) is 12.6 Å². The topological polar surface area (TPSA) is 56.0 Å². The molecule has 136 valence electrons. The van der Waals surface area contributed by atoms with E-state index in [0.717, 1.165) is 17.5 Å². The molecule has 0 fully saturated rings. The summed E-state index contributed by atoms with van der Waals surface area (Å²) in [7, 11) is 0. The van der Waals surface area contributed by atoms with E-state index in [1.165, 1.54) is 11.1 Å². The van der Waals surface area contributed by atoms with E-state index in [-0.39, 0.29) is 24.2 Å². The predicted octanol–water partition coefficient (Wildman–Crippen LogP) is 2.88. The average Bonchev–Trinajstić information content (AvgIpc) is 2.88. The quantitative estimate of drug-likeness (QED) is 0.742. The van der Waals surface area contributed by atoms with E-state index in [2.05, 4.69) is 24.4 Å². The van der Waals surface area contributed by atoms with Gasteiger partial charge < -0.3 is 5.32 Å². The van der Waals surface area contributed by atoms with E-state index in [9.17, 15) is 9.59 Å². The molecule has 3 aromatic rings. The van der Waals surface area contributed by atoms with Gasteiger partial charge >= 0.3 is 5.69 Å². The third-order valence-corrected chi connectivity index (χ3v) is 4.74. The Morgan fingerprint density at radius 2 is 1.65 bits per heavy atom. The van der Waals surface area contributed by atoms with Gasteiger partial charge in [0.1, 0.15) is 6.54 Å². The Morgan fingerprint density at radius 3 is 2.31 bits per heavy atom. The molecule has 0 radical (unpaired) electrons. The van der Waals surface area contributed by atoms with E-state index in [0.29, 0.717) is 6.54 Å². The predicted molar refractivity (Wildman–Crippen MR) is 104 cm³/mol. The first-order valence-electron chi connectivity index (χ1n) is 9.03. The van der Waals surface area contributed by atoms with Gasteiger partial charge in [0.05, 0.1) is 11.0 Å². The largest absolute Gasteiger partial charge is 0.352 e. The minimum atomic E-state index is -0.146. The molecule has 0 aliphatic heterocycles. The standard InChI is InChI=1S/C21H25N3O2/c1-4-23-18-11-7-8-12-19(18)24(21(23)26)14-20(25)22-16(3)13-17-10-6-5-9-15(17)2/h5-12,16H,4,13-14H2,1-3H3,(H,22,25). The van der Waals surface area contributed by atoms with Crippen molar-refractivity contribution in [2.75, 3.05) is 0 Å². The third kappa shape index (κ3) is 3.57. The van der Waals surface area contributed by atoms with Gasteiger partial charge in [-0.2, -0.15) is 0 Å². The zero-order valence-electron chi connectivity index (χ0n) is 15.5. The maximum atomic E-state index is 12.6. The van der Waals surface area contributed by atoms with E-state index < -0.39 is 0 Å². The summed E-state index contributed by atoms with van der Waals surface area (Å²) in [5.74, 6) is -0.146. The van der Waals surface area contributed by atoms with Crippen LogP contribution in [0, 0.1) is 6.92 Å². The van der Waals surface area contributed by atoms with Crippen LogP contribution in [-0.4, -0.2) is 21.1 Å². The van der Waals surface area contributed by atoms with Gasteiger partial charge in [-0.15, -0.1) is 0 Å². The van der Waals surface area contributed by atoms with E-state index in [1.807, 2.05) is 50.2 Å². The molecule has 3 rings (SSSR count). The molecule has 1 aromatic heterocycles. The minimum absolute atomic E-state index is 0.00109. The molecule has 26 heavy (non-hydrogen) atoms. The lowest BCUT2D eigenvalue weighted by Crippen LogP contribution is -2.38. The molecule has 1 unspecified atom stereocenters. The van der Waals surface area contributed by atoms with Crippen LogP contribution < -0.4 is 11.0 Å². The molecule has 1 amide bonds. The van der Waals surface area contributed by atoms with E-state index in [1.54, 1.807) is 9.13 Å². The number of imidazole rings is 1. The number of hydrogen-bond donors (Lipinski definition) is 1. The van der Waals surface area contributed by atoms with Crippen molar-refractivity contribution in [3.63, 3.8) is 0 Å². The summed E-state index contributed by atoms with van der Waals surface area (Å²) in [5.41, 5.74) is 3.95. The fourth-order valence-corrected chi connectivity index (χ4v) is 3.41. The number of aryl methyl sites for hydroxylation is 2. The molecular formula is C21H25N3O2. The molecule has 5 heteroatoms. The van der Waals surface area contributed by atoms with Crippen molar-refractivity contribution in [1.29, 1.82) is 0 Å². The maximum absolute atomic E-state index is 12.6. The summed E-state index contributed by atoms with van der Waals surface area (Å²) in [6.07, 6.45) is 0.768. The van der Waals surface area contributed by atoms with Crippen LogP contribution in [0.15, 0.2) is 53.3 Å². The Bertz CT molecular complexity index is 984. The van der Waals surface area contributed by atoms with Crippen LogP contribution in [0.25, 0.3) is 11.0 Å². The van der Waals surface area contributed by atoms with Crippen molar-refractivity contribution in [3.05, 3.63) is 70.1 Å². The van der Waals surface area contributed by atoms with Crippen molar-refractivity contribution in [3.8, 4) is 0 Å². The molecule has 1 N–H and O–H groups in total. The second kappa shape index (κ2) is 7.60. The number of fused-ring (bicyclic) bond motifs is 1. The highest BCUT2D eigenvalue weighted by molar-refractivity contribution is 5.81. The summed E-state index contributed by atoms with van der Waals surface area (Å²) in [4.78, 5) is 25.1. The maximum Gasteiger partial charge on any atom is 0.329 e. The first kappa shape index (κ1) is 18.0. The summed E-state index contributed by atoms with van der Waals surface area (Å²) < 4.78 is 3.24. The van der Waals surface area contributed by atoms with Crippen LogP contribution in [0.4, 0.5) is 0 Å². The lowest BCUT2D eigenvalue weighted by atomic mass is 10.0. The van der Waals surface area contributed by atoms with Gasteiger partial charge in [-0.25, -0.2) is 4.79 Å². The zero-order valence-corrected chi connectivity index (χ0v) is 15.5. The van der Waals surface area contributed by atoms with Crippen molar-refractivity contribution in [2.45, 2.75) is 46.3 Å². The van der Waals surface area contributed by atoms with Crippen LogP contribution in [0.5, 0.6) is 0 Å². The molecule has 2 aromatic carbocycles. The number of carbonyl (C=O) groups is 1. The first-order valence-corrected chi connectivity index (χ1v) is 9.03. The molecule has 0 aliphatic carbocycles. The Morgan fingerprint density at radius 1 is 1.04 bits per heavy atom. The molecule has 0 aliphatic rings. The van der Waals surface area contributed by atoms with Gasteiger partial charge in [0.15, 0.2) is 0 Å². The Labute approximate surface area is 153 Å². The van der Waals surface area contributed by atoms with Crippen LogP contribution in [0.3, 0.4) is 0 Å². The second-order valence-corrected chi connectivity index (χ2v) is 6.70. The van der Waals surface area contributed by atoms with Gasteiger partial charge in [-0.05, 0) is 50.5 Å². The van der Waals surface area contributed by atoms with Crippen molar-refractivity contribution in [2.24, 2.45) is 0 Å². The molecule has 1 atom stereocenters. The summed E-state index contributed by atoms with van der Waals surface area (Å²) in [6, 6.07) is 15.8. The van der Waals surface area contributed by atoms with Crippen molar-refractivity contribution >= 4 is 16.9 Å². The third-order valence-electron chi connectivity index (χ3n) is 4.74. The molecule has 0 spiro atoms. The number of benzene rings is 2. The monoisotopic (exact) mass is 351 g/mol. The lowest BCUT2D eigenvalue weighted by Gasteiger charge is -2.15. The van der Waals surface area contributed by atoms with Gasteiger partial charge in [0.2, 0.25) is 5.91 Å². The van der Waals surface area contributed by atoms with Gasteiger partial charge in [0.25, 0.3) is 0 Å². The normalized spacial score (nSPS) is 12.3. The SMILES string of the molecule is CCn1c(=O)n(CC(=O)NC(C)Cc2ccccc2C)c2ccccc21. The molecule has 5 nitrogen and oxygen atoms in total. The van der Waals surface area contributed by atoms with Gasteiger partial charge in [-0.3, -0.25) is 13.9 Å². The average molecular weight is 351 g/mol. The number of rotatable bonds is 6. The summed E-state index contributed by atoms with van der Waals surface area (Å²) in [6.45, 7) is 6.61. The number of nitrogens with one attached hydrogen (secondary N) is 1. The highest BCUT2D eigenvalue weighted by Gasteiger charge is 2.16. The Kier molecular flexibility index (Phi) is 5.26. The van der Waals surface area contributed by atoms with Crippen molar-refractivity contribution < 1.29 is 4.79 Å². The summed E-state index contributed by atoms with van der Waals surface area (Å²) >= 11 is 0. The van der Waals surface area contributed by atoms with E-state index >= 15 is 0 Å². The van der Waals surface area contributed by atoms with Gasteiger partial charge in [-0.1, -0.05) is 36.4 Å². The fourth-order valence-electron chi connectivity index (χ4n) is 3.41. The van der Waals surface area contributed by atoms with Crippen LogP contribution in [-0.2, 0) is 24.3 Å². The Hall–Kier alpha value is -2.82. The number of aromatic nitrogens is 2. The van der Waals surface area contributed by atoms with Crippen molar-refractivity contribution in [1.82, 2.24) is 14.5 Å². The summed E-state index contributed by atoms with van der Waals surface area (Å²) in [5, 5.41) is 3.02. The van der Waals surface area contributed by atoms with Crippen LogP contribution >= 0.6 is 0 Å². The lowest BCUT2D eigenvalue weighted by molar-refractivity contribution is -0.122. The van der Waals surface area contributed by atoms with Crippen LogP contribution in [0.1, 0.15) is 25.0 Å². The highest BCUT2D eigenvalue weighted by Crippen LogP contribution is 2.13. The first-order chi connectivity index (χ1) is 12.5. The number of carbonyl (C=O) groups excluding carboxylic acids is 1. The minimum Gasteiger partial charge on any atom is -0.352 e. The number of para-hydroxylation sites is 2. The number of amides is 1. The van der Waals surface area contributed by atoms with E-state index in [4.69, 9.17) is 0 Å². The van der Waals surface area contributed by atoms with Crippen LogP contribution in [0.2, 0.25) is 0 Å². The molecule has 0 bridgehead atoms. The molecule has 1 heterocycles. The number of hydrogen-bond acceptors (Lipinski definition) is 2.